The molecule has 1 aliphatic rings. The number of hydrogen-bond acceptors (Lipinski definition) is 4. The van der Waals surface area contributed by atoms with E-state index in [-0.39, 0.29) is 5.91 Å². The summed E-state index contributed by atoms with van der Waals surface area (Å²) in [5.74, 6) is 1.57. The fourth-order valence-corrected chi connectivity index (χ4v) is 3.60. The highest BCUT2D eigenvalue weighted by molar-refractivity contribution is 5.80. The van der Waals surface area contributed by atoms with Gasteiger partial charge in [0.05, 0.1) is 12.2 Å². The van der Waals surface area contributed by atoms with E-state index in [0.717, 1.165) is 24.4 Å². The van der Waals surface area contributed by atoms with E-state index >= 15 is 0 Å². The first-order valence-corrected chi connectivity index (χ1v) is 9.42. The minimum absolute atomic E-state index is 0.131. The number of amides is 1. The van der Waals surface area contributed by atoms with Gasteiger partial charge < -0.3 is 14.6 Å². The second-order valence-corrected chi connectivity index (χ2v) is 7.48. The molecule has 2 aromatic heterocycles. The molecule has 140 valence electrons. The summed E-state index contributed by atoms with van der Waals surface area (Å²) in [5, 5.41) is 10.1. The molecule has 3 heterocycles. The first-order chi connectivity index (χ1) is 12.5. The van der Waals surface area contributed by atoms with Crippen LogP contribution in [0.5, 0.6) is 0 Å². The molecule has 1 fully saturated rings. The zero-order valence-corrected chi connectivity index (χ0v) is 15.6. The minimum Gasteiger partial charge on any atom is -0.383 e. The van der Waals surface area contributed by atoms with Crippen molar-refractivity contribution in [3.8, 4) is 0 Å². The van der Waals surface area contributed by atoms with Crippen molar-refractivity contribution in [2.24, 2.45) is 5.92 Å². The Labute approximate surface area is 154 Å². The van der Waals surface area contributed by atoms with Gasteiger partial charge in [-0.3, -0.25) is 9.78 Å². The zero-order chi connectivity index (χ0) is 18.5. The van der Waals surface area contributed by atoms with E-state index in [9.17, 15) is 9.90 Å². The van der Waals surface area contributed by atoms with Crippen molar-refractivity contribution in [2.75, 3.05) is 13.1 Å². The van der Waals surface area contributed by atoms with Crippen molar-refractivity contribution >= 4 is 5.91 Å². The van der Waals surface area contributed by atoms with Crippen molar-refractivity contribution in [3.63, 3.8) is 0 Å². The predicted octanol–water partition coefficient (Wildman–Crippen LogP) is 2.44. The molecule has 1 N–H and O–H groups in total. The number of likely N-dealkylation sites (tertiary alicyclic amines) is 1. The molecule has 1 saturated heterocycles. The summed E-state index contributed by atoms with van der Waals surface area (Å²) in [5.41, 5.74) is 1.01. The van der Waals surface area contributed by atoms with E-state index in [0.29, 0.717) is 37.9 Å². The third-order valence-electron chi connectivity index (χ3n) is 4.96. The number of imidazole rings is 1. The van der Waals surface area contributed by atoms with Gasteiger partial charge in [-0.15, -0.1) is 0 Å². The highest BCUT2D eigenvalue weighted by atomic mass is 16.3. The number of rotatable bonds is 6. The maximum Gasteiger partial charge on any atom is 0.251 e. The number of carbonyl (C=O) groups excluding carboxylic acids is 1. The van der Waals surface area contributed by atoms with Crippen LogP contribution < -0.4 is 0 Å². The van der Waals surface area contributed by atoms with Crippen LogP contribution in [0.1, 0.15) is 50.5 Å². The number of pyridine rings is 1. The number of piperidine rings is 1. The molecule has 1 amide bonds. The molecule has 0 saturated carbocycles. The molecule has 0 spiro atoms. The number of hydrogen-bond donors (Lipinski definition) is 1. The lowest BCUT2D eigenvalue weighted by atomic mass is 9.95. The van der Waals surface area contributed by atoms with Crippen molar-refractivity contribution in [1.29, 1.82) is 0 Å². The fraction of sp³-hybridized carbons (Fsp3) is 0.550. The monoisotopic (exact) mass is 356 g/mol. The topological polar surface area (TPSA) is 71.2 Å². The maximum absolute atomic E-state index is 12.4. The van der Waals surface area contributed by atoms with E-state index in [1.165, 1.54) is 0 Å². The van der Waals surface area contributed by atoms with Crippen molar-refractivity contribution in [3.05, 3.63) is 48.3 Å². The summed E-state index contributed by atoms with van der Waals surface area (Å²) < 4.78 is 2.15. The predicted molar refractivity (Wildman–Crippen MR) is 99.6 cm³/mol. The average molecular weight is 356 g/mol. The second-order valence-electron chi connectivity index (χ2n) is 7.48. The quantitative estimate of drug-likeness (QED) is 0.863. The van der Waals surface area contributed by atoms with Crippen LogP contribution in [0.15, 0.2) is 36.8 Å². The normalized spacial score (nSPS) is 16.8. The van der Waals surface area contributed by atoms with Crippen LogP contribution in [-0.2, 0) is 11.3 Å². The Morgan fingerprint density at radius 1 is 1.23 bits per heavy atom. The molecular weight excluding hydrogens is 328 g/mol. The third-order valence-corrected chi connectivity index (χ3v) is 4.96. The van der Waals surface area contributed by atoms with Crippen LogP contribution in [-0.4, -0.2) is 49.6 Å². The number of nitrogens with zero attached hydrogens (tertiary/aromatic N) is 4. The zero-order valence-electron chi connectivity index (χ0n) is 15.6. The lowest BCUT2D eigenvalue weighted by Gasteiger charge is -2.33. The minimum atomic E-state index is -0.877. The maximum atomic E-state index is 12.4. The molecule has 0 aliphatic carbocycles. The summed E-state index contributed by atoms with van der Waals surface area (Å²) in [6.45, 7) is 6.10. The van der Waals surface area contributed by atoms with E-state index in [2.05, 4.69) is 14.5 Å². The SMILES string of the molecule is CC(C)C[C@@H](O)C(=O)N1CCC(c2nccn2Cc2ccccn2)CC1. The van der Waals surface area contributed by atoms with Gasteiger partial charge in [-0.05, 0) is 37.3 Å². The molecule has 0 unspecified atom stereocenters. The van der Waals surface area contributed by atoms with E-state index in [4.69, 9.17) is 0 Å². The Bertz CT molecular complexity index is 706. The van der Waals surface area contributed by atoms with Crippen LogP contribution in [0, 0.1) is 5.92 Å². The molecule has 2 aromatic rings. The number of aliphatic hydroxyl groups is 1. The molecule has 3 rings (SSSR count). The van der Waals surface area contributed by atoms with Gasteiger partial charge in [0.25, 0.3) is 5.91 Å². The van der Waals surface area contributed by atoms with Crippen LogP contribution >= 0.6 is 0 Å². The average Bonchev–Trinajstić information content (AvgIpc) is 3.09. The lowest BCUT2D eigenvalue weighted by Crippen LogP contribution is -2.44. The number of aliphatic hydroxyl groups excluding tert-OH is 1. The Morgan fingerprint density at radius 2 is 2.00 bits per heavy atom. The lowest BCUT2D eigenvalue weighted by molar-refractivity contribution is -0.142. The van der Waals surface area contributed by atoms with Gasteiger partial charge in [0.15, 0.2) is 0 Å². The Kier molecular flexibility index (Phi) is 6.04. The van der Waals surface area contributed by atoms with Crippen molar-refractivity contribution in [2.45, 2.75) is 51.7 Å². The molecule has 6 heteroatoms. The molecule has 6 nitrogen and oxygen atoms in total. The van der Waals surface area contributed by atoms with Gasteiger partial charge >= 0.3 is 0 Å². The third kappa shape index (κ3) is 4.49. The van der Waals surface area contributed by atoms with Gasteiger partial charge in [0.1, 0.15) is 11.9 Å². The summed E-state index contributed by atoms with van der Waals surface area (Å²) in [6.07, 6.45) is 7.03. The highest BCUT2D eigenvalue weighted by Crippen LogP contribution is 2.28. The summed E-state index contributed by atoms with van der Waals surface area (Å²) in [7, 11) is 0. The molecule has 0 aromatic carbocycles. The molecule has 1 aliphatic heterocycles. The van der Waals surface area contributed by atoms with Gasteiger partial charge in [0.2, 0.25) is 0 Å². The van der Waals surface area contributed by atoms with Crippen LogP contribution in [0.3, 0.4) is 0 Å². The largest absolute Gasteiger partial charge is 0.383 e. The van der Waals surface area contributed by atoms with Gasteiger partial charge in [0, 0.05) is 37.6 Å². The van der Waals surface area contributed by atoms with Crippen molar-refractivity contribution < 1.29 is 9.90 Å². The second kappa shape index (κ2) is 8.45. The molecule has 1 atom stereocenters. The Hall–Kier alpha value is -2.21. The number of carbonyl (C=O) groups is 1. The Morgan fingerprint density at radius 3 is 2.65 bits per heavy atom. The van der Waals surface area contributed by atoms with E-state index in [1.54, 1.807) is 11.1 Å². The fourth-order valence-electron chi connectivity index (χ4n) is 3.60. The van der Waals surface area contributed by atoms with Crippen LogP contribution in [0.25, 0.3) is 0 Å². The van der Waals surface area contributed by atoms with Gasteiger partial charge in [-0.2, -0.15) is 0 Å². The van der Waals surface area contributed by atoms with E-state index < -0.39 is 6.10 Å². The van der Waals surface area contributed by atoms with Crippen LogP contribution in [0.4, 0.5) is 0 Å². The highest BCUT2D eigenvalue weighted by Gasteiger charge is 2.29. The first-order valence-electron chi connectivity index (χ1n) is 9.42. The molecular formula is C20H28N4O2. The first kappa shape index (κ1) is 18.6. The van der Waals surface area contributed by atoms with Gasteiger partial charge in [-0.1, -0.05) is 19.9 Å². The molecule has 26 heavy (non-hydrogen) atoms. The van der Waals surface area contributed by atoms with E-state index in [1.807, 2.05) is 44.4 Å². The summed E-state index contributed by atoms with van der Waals surface area (Å²) in [4.78, 5) is 23.1. The summed E-state index contributed by atoms with van der Waals surface area (Å²) >= 11 is 0. The summed E-state index contributed by atoms with van der Waals surface area (Å²) in [6, 6.07) is 5.92. The Balaban J connectivity index is 1.59. The van der Waals surface area contributed by atoms with Crippen LogP contribution in [0.2, 0.25) is 0 Å². The standard InChI is InChI=1S/C20H28N4O2/c1-15(2)13-18(25)20(26)23-10-6-16(7-11-23)19-22-9-12-24(19)14-17-5-3-4-8-21-17/h3-5,8-9,12,15-16,18,25H,6-7,10-11,13-14H2,1-2H3/t18-/m1/s1. The van der Waals surface area contributed by atoms with Gasteiger partial charge in [-0.25, -0.2) is 4.98 Å². The smallest absolute Gasteiger partial charge is 0.251 e. The molecule has 0 bridgehead atoms. The van der Waals surface area contributed by atoms with Crippen molar-refractivity contribution in [1.82, 2.24) is 19.4 Å². The number of aromatic nitrogens is 3. The molecule has 0 radical (unpaired) electrons.